The fraction of sp³-hybridized carbons (Fsp3) is 0.444. The van der Waals surface area contributed by atoms with Crippen molar-refractivity contribution in [2.24, 2.45) is 0 Å². The Kier molecular flexibility index (Phi) is 2.68. The molecule has 0 radical (unpaired) electrons. The highest BCUT2D eigenvalue weighted by atomic mass is 32.1. The Morgan fingerprint density at radius 1 is 1.53 bits per heavy atom. The van der Waals surface area contributed by atoms with Crippen LogP contribution in [0.3, 0.4) is 0 Å². The smallest absolute Gasteiger partial charge is 0.298 e. The molecular formula is C9H12N4OS. The van der Waals surface area contributed by atoms with Gasteiger partial charge in [-0.05, 0) is 13.8 Å². The lowest BCUT2D eigenvalue weighted by molar-refractivity contribution is 0.495. The van der Waals surface area contributed by atoms with Crippen LogP contribution >= 0.6 is 11.3 Å². The van der Waals surface area contributed by atoms with Gasteiger partial charge < -0.3 is 0 Å². The lowest BCUT2D eigenvalue weighted by Crippen LogP contribution is -2.17. The molecular weight excluding hydrogens is 212 g/mol. The molecule has 0 aromatic carbocycles. The van der Waals surface area contributed by atoms with E-state index in [4.69, 9.17) is 0 Å². The minimum Gasteiger partial charge on any atom is -0.298 e. The normalized spacial score (nSPS) is 11.1. The molecule has 0 aliphatic rings. The third-order valence-electron chi connectivity index (χ3n) is 2.09. The van der Waals surface area contributed by atoms with E-state index in [9.17, 15) is 4.79 Å². The molecule has 80 valence electrons. The summed E-state index contributed by atoms with van der Waals surface area (Å²) in [4.78, 5) is 15.5. The van der Waals surface area contributed by atoms with Gasteiger partial charge in [0.05, 0.1) is 6.54 Å². The third kappa shape index (κ3) is 1.99. The second kappa shape index (κ2) is 3.98. The second-order valence-corrected chi connectivity index (χ2v) is 4.37. The van der Waals surface area contributed by atoms with Crippen LogP contribution in [0.4, 0.5) is 0 Å². The number of hydrogen-bond acceptors (Lipinski definition) is 4. The monoisotopic (exact) mass is 224 g/mol. The number of aromatic nitrogens is 4. The maximum Gasteiger partial charge on any atom is 0.307 e. The first-order valence-corrected chi connectivity index (χ1v) is 5.59. The van der Waals surface area contributed by atoms with Crippen molar-refractivity contribution in [1.82, 2.24) is 19.3 Å². The van der Waals surface area contributed by atoms with Gasteiger partial charge in [0.25, 0.3) is 0 Å². The highest BCUT2D eigenvalue weighted by Gasteiger charge is 2.08. The molecule has 0 atom stereocenters. The van der Waals surface area contributed by atoms with E-state index in [0.717, 1.165) is 5.82 Å². The first kappa shape index (κ1) is 10.1. The largest absolute Gasteiger partial charge is 0.307 e. The van der Waals surface area contributed by atoms with Crippen LogP contribution in [0.25, 0.3) is 0 Å². The Morgan fingerprint density at radius 2 is 2.33 bits per heavy atom. The van der Waals surface area contributed by atoms with Crippen LogP contribution in [0, 0.1) is 0 Å². The van der Waals surface area contributed by atoms with Crippen LogP contribution in [-0.4, -0.2) is 19.3 Å². The average molecular weight is 224 g/mol. The van der Waals surface area contributed by atoms with Gasteiger partial charge in [-0.25, -0.2) is 9.67 Å². The van der Waals surface area contributed by atoms with Crippen LogP contribution < -0.4 is 4.87 Å². The van der Waals surface area contributed by atoms with Crippen molar-refractivity contribution in [3.05, 3.63) is 33.4 Å². The van der Waals surface area contributed by atoms with Crippen molar-refractivity contribution in [1.29, 1.82) is 0 Å². The zero-order valence-corrected chi connectivity index (χ0v) is 9.44. The molecule has 5 nitrogen and oxygen atoms in total. The van der Waals surface area contributed by atoms with Gasteiger partial charge in [0, 0.05) is 17.6 Å². The summed E-state index contributed by atoms with van der Waals surface area (Å²) in [5.41, 5.74) is 0. The van der Waals surface area contributed by atoms with Crippen molar-refractivity contribution in [3.8, 4) is 0 Å². The van der Waals surface area contributed by atoms with Gasteiger partial charge in [-0.2, -0.15) is 5.10 Å². The Hall–Kier alpha value is -1.43. The number of thiazole rings is 1. The quantitative estimate of drug-likeness (QED) is 0.785. The minimum absolute atomic E-state index is 0.0355. The predicted molar refractivity (Wildman–Crippen MR) is 58.1 cm³/mol. The second-order valence-electron chi connectivity index (χ2n) is 3.51. The molecule has 2 aromatic heterocycles. The van der Waals surface area contributed by atoms with Crippen molar-refractivity contribution < 1.29 is 0 Å². The zero-order valence-electron chi connectivity index (χ0n) is 8.62. The highest BCUT2D eigenvalue weighted by Crippen LogP contribution is 2.06. The van der Waals surface area contributed by atoms with E-state index in [1.807, 2.05) is 18.5 Å². The Morgan fingerprint density at radius 3 is 2.93 bits per heavy atom. The van der Waals surface area contributed by atoms with E-state index >= 15 is 0 Å². The number of nitrogens with zero attached hydrogens (tertiary/aromatic N) is 4. The molecule has 2 heterocycles. The lowest BCUT2D eigenvalue weighted by atomic mass is 10.4. The van der Waals surface area contributed by atoms with Gasteiger partial charge in [0.2, 0.25) is 0 Å². The molecule has 0 N–H and O–H groups in total. The summed E-state index contributed by atoms with van der Waals surface area (Å²) in [6, 6.07) is 0.261. The summed E-state index contributed by atoms with van der Waals surface area (Å²) in [5, 5.41) is 5.90. The summed E-state index contributed by atoms with van der Waals surface area (Å²) < 4.78 is 3.46. The summed E-state index contributed by atoms with van der Waals surface area (Å²) >= 11 is 1.19. The summed E-state index contributed by atoms with van der Waals surface area (Å²) in [6.07, 6.45) is 3.29. The van der Waals surface area contributed by atoms with E-state index in [1.54, 1.807) is 16.1 Å². The molecule has 6 heteroatoms. The van der Waals surface area contributed by atoms with E-state index in [1.165, 1.54) is 17.7 Å². The molecule has 0 bridgehead atoms. The van der Waals surface area contributed by atoms with Gasteiger partial charge in [0.15, 0.2) is 0 Å². The zero-order chi connectivity index (χ0) is 10.8. The van der Waals surface area contributed by atoms with Crippen molar-refractivity contribution >= 4 is 11.3 Å². The fourth-order valence-electron chi connectivity index (χ4n) is 1.38. The number of hydrogen-bond donors (Lipinski definition) is 0. The minimum atomic E-state index is 0.0355. The molecule has 0 saturated carbocycles. The van der Waals surface area contributed by atoms with Crippen LogP contribution in [0.1, 0.15) is 25.7 Å². The maximum absolute atomic E-state index is 11.4. The SMILES string of the molecule is CC(C)n1ncnc1Cn1ccsc1=O. The molecule has 0 amide bonds. The van der Waals surface area contributed by atoms with Gasteiger partial charge in [-0.1, -0.05) is 11.3 Å². The van der Waals surface area contributed by atoms with Crippen LogP contribution in [0.5, 0.6) is 0 Å². The molecule has 0 aliphatic carbocycles. The van der Waals surface area contributed by atoms with E-state index in [-0.39, 0.29) is 10.9 Å². The predicted octanol–water partition coefficient (Wildman–Crippen LogP) is 1.13. The van der Waals surface area contributed by atoms with Crippen LogP contribution in [0.2, 0.25) is 0 Å². The highest BCUT2D eigenvalue weighted by molar-refractivity contribution is 7.07. The molecule has 2 aromatic rings. The van der Waals surface area contributed by atoms with Crippen molar-refractivity contribution in [3.63, 3.8) is 0 Å². The summed E-state index contributed by atoms with van der Waals surface area (Å²) in [5.74, 6) is 0.811. The third-order valence-corrected chi connectivity index (χ3v) is 2.79. The summed E-state index contributed by atoms with van der Waals surface area (Å²) in [6.45, 7) is 4.56. The Balaban J connectivity index is 2.29. The summed E-state index contributed by atoms with van der Waals surface area (Å²) in [7, 11) is 0. The lowest BCUT2D eigenvalue weighted by Gasteiger charge is -2.08. The van der Waals surface area contributed by atoms with Gasteiger partial charge >= 0.3 is 4.87 Å². The van der Waals surface area contributed by atoms with E-state index in [2.05, 4.69) is 10.1 Å². The molecule has 0 spiro atoms. The molecule has 15 heavy (non-hydrogen) atoms. The number of rotatable bonds is 3. The van der Waals surface area contributed by atoms with E-state index < -0.39 is 0 Å². The first-order chi connectivity index (χ1) is 7.18. The molecule has 0 unspecified atom stereocenters. The van der Waals surface area contributed by atoms with Gasteiger partial charge in [-0.15, -0.1) is 0 Å². The molecule has 2 rings (SSSR count). The molecule has 0 fully saturated rings. The van der Waals surface area contributed by atoms with Crippen molar-refractivity contribution in [2.75, 3.05) is 0 Å². The molecule has 0 saturated heterocycles. The van der Waals surface area contributed by atoms with Crippen LogP contribution in [0.15, 0.2) is 22.7 Å². The van der Waals surface area contributed by atoms with Gasteiger partial charge in [-0.3, -0.25) is 9.36 Å². The molecule has 0 aliphatic heterocycles. The van der Waals surface area contributed by atoms with Crippen molar-refractivity contribution in [2.45, 2.75) is 26.4 Å². The van der Waals surface area contributed by atoms with Gasteiger partial charge in [0.1, 0.15) is 12.2 Å². The van der Waals surface area contributed by atoms with Crippen LogP contribution in [-0.2, 0) is 6.54 Å². The fourth-order valence-corrected chi connectivity index (χ4v) is 1.96. The Bertz CT molecular complexity index is 496. The standard InChI is InChI=1S/C9H12N4OS/c1-7(2)13-8(10-6-11-13)5-12-3-4-15-9(12)14/h3-4,6-7H,5H2,1-2H3. The first-order valence-electron chi connectivity index (χ1n) is 4.71. The average Bonchev–Trinajstić information content (AvgIpc) is 2.77. The van der Waals surface area contributed by atoms with E-state index in [0.29, 0.717) is 6.54 Å². The topological polar surface area (TPSA) is 52.7 Å². The Labute approximate surface area is 91.0 Å². The maximum atomic E-state index is 11.4.